The molecule has 0 radical (unpaired) electrons. The Kier molecular flexibility index (Phi) is 3.97. The standard InChI is InChI=1S/C20H21N7S/c1-11-21-12(2)27(25-11)18-10-16(23-20(24-18)28-4)13-9-14(13)19-22-15-7-5-6-8-17(15)26(19)3/h5-8,10,13-14H,9H2,1-4H3. The summed E-state index contributed by atoms with van der Waals surface area (Å²) in [5, 5.41) is 5.25. The Morgan fingerprint density at radius 2 is 1.86 bits per heavy atom. The zero-order valence-electron chi connectivity index (χ0n) is 16.3. The predicted molar refractivity (Wildman–Crippen MR) is 109 cm³/mol. The van der Waals surface area contributed by atoms with Crippen molar-refractivity contribution in [2.75, 3.05) is 6.26 Å². The molecule has 1 aliphatic carbocycles. The third-order valence-electron chi connectivity index (χ3n) is 5.31. The molecule has 5 rings (SSSR count). The molecule has 3 heterocycles. The summed E-state index contributed by atoms with van der Waals surface area (Å²) in [4.78, 5) is 18.7. The van der Waals surface area contributed by atoms with Crippen LogP contribution < -0.4 is 0 Å². The molecule has 2 atom stereocenters. The molecular formula is C20H21N7S. The Labute approximate surface area is 167 Å². The van der Waals surface area contributed by atoms with Gasteiger partial charge in [-0.2, -0.15) is 4.68 Å². The molecule has 1 aromatic carbocycles. The lowest BCUT2D eigenvalue weighted by molar-refractivity contribution is 0.750. The van der Waals surface area contributed by atoms with Crippen molar-refractivity contribution in [2.24, 2.45) is 7.05 Å². The van der Waals surface area contributed by atoms with E-state index in [9.17, 15) is 0 Å². The molecule has 8 heteroatoms. The molecule has 7 nitrogen and oxygen atoms in total. The van der Waals surface area contributed by atoms with Crippen molar-refractivity contribution in [2.45, 2.75) is 37.3 Å². The van der Waals surface area contributed by atoms with Crippen LogP contribution in [-0.4, -0.2) is 40.5 Å². The number of rotatable bonds is 4. The first-order chi connectivity index (χ1) is 13.5. The first-order valence-electron chi connectivity index (χ1n) is 9.30. The summed E-state index contributed by atoms with van der Waals surface area (Å²) in [6.45, 7) is 3.84. The van der Waals surface area contributed by atoms with Gasteiger partial charge in [0.05, 0.1) is 16.7 Å². The van der Waals surface area contributed by atoms with Crippen LogP contribution in [0.4, 0.5) is 0 Å². The van der Waals surface area contributed by atoms with Crippen molar-refractivity contribution in [3.8, 4) is 5.82 Å². The molecule has 3 aromatic heterocycles. The molecule has 0 N–H and O–H groups in total. The normalized spacial score (nSPS) is 18.7. The van der Waals surface area contributed by atoms with Gasteiger partial charge in [-0.25, -0.2) is 19.9 Å². The van der Waals surface area contributed by atoms with Gasteiger partial charge in [-0.3, -0.25) is 0 Å². The van der Waals surface area contributed by atoms with Crippen molar-refractivity contribution in [1.29, 1.82) is 0 Å². The van der Waals surface area contributed by atoms with Gasteiger partial charge in [0.1, 0.15) is 17.5 Å². The predicted octanol–water partition coefficient (Wildman–Crippen LogP) is 3.55. The minimum Gasteiger partial charge on any atom is -0.331 e. The summed E-state index contributed by atoms with van der Waals surface area (Å²) in [6.07, 6.45) is 3.05. The highest BCUT2D eigenvalue weighted by atomic mass is 32.2. The fraction of sp³-hybridized carbons (Fsp3) is 0.350. The van der Waals surface area contributed by atoms with E-state index in [1.807, 2.05) is 32.2 Å². The van der Waals surface area contributed by atoms with E-state index in [1.165, 1.54) is 5.52 Å². The van der Waals surface area contributed by atoms with Crippen LogP contribution in [0.3, 0.4) is 0 Å². The number of nitrogens with zero attached hydrogens (tertiary/aromatic N) is 7. The zero-order chi connectivity index (χ0) is 19.4. The minimum absolute atomic E-state index is 0.355. The van der Waals surface area contributed by atoms with Gasteiger partial charge in [0.25, 0.3) is 0 Å². The van der Waals surface area contributed by atoms with Gasteiger partial charge >= 0.3 is 0 Å². The van der Waals surface area contributed by atoms with Gasteiger partial charge in [0, 0.05) is 24.9 Å². The zero-order valence-corrected chi connectivity index (χ0v) is 17.1. The Balaban J connectivity index is 1.52. The minimum atomic E-state index is 0.355. The highest BCUT2D eigenvalue weighted by Crippen LogP contribution is 2.54. The molecule has 1 saturated carbocycles. The van der Waals surface area contributed by atoms with Crippen LogP contribution in [0, 0.1) is 13.8 Å². The van der Waals surface area contributed by atoms with Gasteiger partial charge in [0.2, 0.25) is 0 Å². The fourth-order valence-corrected chi connectivity index (χ4v) is 4.24. The van der Waals surface area contributed by atoms with Crippen LogP contribution in [0.15, 0.2) is 35.5 Å². The summed E-state index contributed by atoms with van der Waals surface area (Å²) >= 11 is 1.55. The van der Waals surface area contributed by atoms with Crippen LogP contribution in [-0.2, 0) is 7.05 Å². The van der Waals surface area contributed by atoms with Gasteiger partial charge in [-0.05, 0) is 38.7 Å². The molecule has 0 aliphatic heterocycles. The lowest BCUT2D eigenvalue weighted by Crippen LogP contribution is -2.06. The fourth-order valence-electron chi connectivity index (χ4n) is 3.86. The Hall–Kier alpha value is -2.74. The molecule has 4 aromatic rings. The largest absolute Gasteiger partial charge is 0.331 e. The topological polar surface area (TPSA) is 74.3 Å². The molecule has 1 aliphatic rings. The van der Waals surface area contributed by atoms with Crippen LogP contribution in [0.1, 0.15) is 41.4 Å². The molecule has 0 bridgehead atoms. The number of benzene rings is 1. The Bertz CT molecular complexity index is 1190. The van der Waals surface area contributed by atoms with Crippen molar-refractivity contribution in [3.63, 3.8) is 0 Å². The third-order valence-corrected chi connectivity index (χ3v) is 5.86. The van der Waals surface area contributed by atoms with Gasteiger partial charge in [-0.1, -0.05) is 23.9 Å². The number of thioether (sulfide) groups is 1. The van der Waals surface area contributed by atoms with E-state index in [0.29, 0.717) is 11.8 Å². The maximum atomic E-state index is 4.88. The number of hydrogen-bond donors (Lipinski definition) is 0. The van der Waals surface area contributed by atoms with Crippen molar-refractivity contribution >= 4 is 22.8 Å². The molecular weight excluding hydrogens is 370 g/mol. The molecule has 1 fully saturated rings. The molecule has 0 saturated heterocycles. The highest BCUT2D eigenvalue weighted by Gasteiger charge is 2.44. The SMILES string of the molecule is CSc1nc(C2CC2c2nc3ccccc3n2C)cc(-n2nc(C)nc2C)n1. The number of para-hydroxylation sites is 2. The monoisotopic (exact) mass is 391 g/mol. The second kappa shape index (κ2) is 6.41. The first kappa shape index (κ1) is 17.4. The van der Waals surface area contributed by atoms with Crippen LogP contribution in [0.5, 0.6) is 0 Å². The van der Waals surface area contributed by atoms with Gasteiger partial charge in [0.15, 0.2) is 11.0 Å². The van der Waals surface area contributed by atoms with Crippen LogP contribution in [0.25, 0.3) is 16.9 Å². The number of imidazole rings is 1. The van der Waals surface area contributed by atoms with Gasteiger partial charge < -0.3 is 4.57 Å². The van der Waals surface area contributed by atoms with Gasteiger partial charge in [-0.15, -0.1) is 5.10 Å². The maximum Gasteiger partial charge on any atom is 0.189 e. The number of hydrogen-bond acceptors (Lipinski definition) is 6. The Morgan fingerprint density at radius 3 is 2.57 bits per heavy atom. The summed E-state index contributed by atoms with van der Waals surface area (Å²) in [6, 6.07) is 10.3. The quantitative estimate of drug-likeness (QED) is 0.391. The second-order valence-corrected chi connectivity index (χ2v) is 8.00. The summed E-state index contributed by atoms with van der Waals surface area (Å²) in [5.41, 5.74) is 3.27. The summed E-state index contributed by atoms with van der Waals surface area (Å²) in [7, 11) is 2.10. The summed E-state index contributed by atoms with van der Waals surface area (Å²) < 4.78 is 4.01. The average Bonchev–Trinajstić information content (AvgIpc) is 3.33. The summed E-state index contributed by atoms with van der Waals surface area (Å²) in [5.74, 6) is 4.22. The average molecular weight is 392 g/mol. The molecule has 0 spiro atoms. The van der Waals surface area contributed by atoms with Crippen molar-refractivity contribution < 1.29 is 0 Å². The third kappa shape index (κ3) is 2.79. The highest BCUT2D eigenvalue weighted by molar-refractivity contribution is 7.98. The van der Waals surface area contributed by atoms with Crippen LogP contribution >= 0.6 is 11.8 Å². The smallest absolute Gasteiger partial charge is 0.189 e. The molecule has 0 amide bonds. The van der Waals surface area contributed by atoms with Crippen molar-refractivity contribution in [3.05, 3.63) is 53.5 Å². The molecule has 28 heavy (non-hydrogen) atoms. The number of fused-ring (bicyclic) bond motifs is 1. The lowest BCUT2D eigenvalue weighted by atomic mass is 10.2. The van der Waals surface area contributed by atoms with Crippen molar-refractivity contribution in [1.82, 2.24) is 34.3 Å². The number of aryl methyl sites for hydroxylation is 3. The van der Waals surface area contributed by atoms with E-state index in [0.717, 1.165) is 46.1 Å². The lowest BCUT2D eigenvalue weighted by Gasteiger charge is -2.08. The number of aromatic nitrogens is 7. The Morgan fingerprint density at radius 1 is 1.04 bits per heavy atom. The van der Waals surface area contributed by atoms with E-state index in [4.69, 9.17) is 9.97 Å². The van der Waals surface area contributed by atoms with E-state index >= 15 is 0 Å². The molecule has 142 valence electrons. The maximum absolute atomic E-state index is 4.88. The van der Waals surface area contributed by atoms with Crippen LogP contribution in [0.2, 0.25) is 0 Å². The molecule has 2 unspecified atom stereocenters. The van der Waals surface area contributed by atoms with E-state index in [-0.39, 0.29) is 0 Å². The van der Waals surface area contributed by atoms with E-state index in [2.05, 4.69) is 44.9 Å². The second-order valence-electron chi connectivity index (χ2n) is 7.22. The van der Waals surface area contributed by atoms with E-state index in [1.54, 1.807) is 16.4 Å². The first-order valence-corrected chi connectivity index (χ1v) is 10.5. The van der Waals surface area contributed by atoms with E-state index < -0.39 is 0 Å².